The van der Waals surface area contributed by atoms with E-state index in [0.717, 1.165) is 25.0 Å². The number of carbonyl (C=O) groups is 3. The fourth-order valence-electron chi connectivity index (χ4n) is 5.13. The van der Waals surface area contributed by atoms with Crippen LogP contribution in [0.2, 0.25) is 0 Å². The lowest BCUT2D eigenvalue weighted by atomic mass is 9.98. The monoisotopic (exact) mass is 706 g/mol. The van der Waals surface area contributed by atoms with E-state index in [1.807, 2.05) is 50.4 Å². The molecule has 2 aliphatic heterocycles. The van der Waals surface area contributed by atoms with Crippen LogP contribution in [0.25, 0.3) is 0 Å². The zero-order chi connectivity index (χ0) is 37.1. The van der Waals surface area contributed by atoms with Crippen LogP contribution in [-0.2, 0) is 27.0 Å². The Morgan fingerprint density at radius 1 is 1.14 bits per heavy atom. The Bertz CT molecular complexity index is 1750. The molecule has 0 saturated carbocycles. The summed E-state index contributed by atoms with van der Waals surface area (Å²) in [4.78, 5) is 52.3. The lowest BCUT2D eigenvalue weighted by Gasteiger charge is -2.38. The van der Waals surface area contributed by atoms with Crippen molar-refractivity contribution in [2.75, 3.05) is 26.8 Å². The molecule has 1 aromatic heterocycles. The molecule has 0 spiro atoms. The number of hydrogen-bond acceptors (Lipinski definition) is 9. The Kier molecular flexibility index (Phi) is 13.2. The van der Waals surface area contributed by atoms with Gasteiger partial charge in [-0.15, -0.1) is 0 Å². The minimum absolute atomic E-state index is 0.0136. The number of likely N-dealkylation sites (N-methyl/N-ethyl adjacent to an activating group) is 2. The molecule has 1 unspecified atom stereocenters. The number of aliphatic imine (C=N–C) groups is 1. The highest BCUT2D eigenvalue weighted by molar-refractivity contribution is 6.13. The molecule has 0 aliphatic carbocycles. The lowest BCUT2D eigenvalue weighted by Crippen LogP contribution is -2.55. The normalized spacial score (nSPS) is 18.5. The number of nitrogens with zero attached hydrogens (tertiary/aromatic N) is 5. The number of rotatable bonds is 10. The number of likely N-dealkylation sites (tertiary alicyclic amines) is 1. The molecule has 3 heterocycles. The lowest BCUT2D eigenvalue weighted by molar-refractivity contribution is -0.141. The Morgan fingerprint density at radius 3 is 2.35 bits per heavy atom. The first-order valence-corrected chi connectivity index (χ1v) is 16.2. The van der Waals surface area contributed by atoms with Gasteiger partial charge in [0.2, 0.25) is 11.7 Å². The molecular formula is C36H41F3N8O4. The number of carbonyl (C=O) groups excluding carboxylic acids is 3. The molecule has 2 aliphatic rings. The van der Waals surface area contributed by atoms with Crippen molar-refractivity contribution >= 4 is 29.2 Å². The number of para-hydroxylation sites is 1. The van der Waals surface area contributed by atoms with Gasteiger partial charge in [-0.25, -0.2) is 15.0 Å². The molecule has 2 saturated heterocycles. The highest BCUT2D eigenvalue weighted by atomic mass is 19.4. The SMILES string of the molecule is C=C(C(=O)NCc1ccccc1)[C@@H](C)N(C)C1COC1.CCN1C(=O)C(NC(=O)c2nccc(C(F)(F)F)n2)C/C(=C/N)C1=Nc1ccccc1. The summed E-state index contributed by atoms with van der Waals surface area (Å²) in [7, 11) is 2.01. The summed E-state index contributed by atoms with van der Waals surface area (Å²) in [5.74, 6) is -1.90. The number of ether oxygens (including phenoxy) is 1. The fourth-order valence-corrected chi connectivity index (χ4v) is 5.13. The Morgan fingerprint density at radius 2 is 1.78 bits per heavy atom. The largest absolute Gasteiger partial charge is 0.433 e. The third-order valence-corrected chi connectivity index (χ3v) is 8.39. The zero-order valence-electron chi connectivity index (χ0n) is 28.6. The predicted octanol–water partition coefficient (Wildman–Crippen LogP) is 4.00. The number of amidine groups is 1. The second kappa shape index (κ2) is 17.5. The standard InChI is InChI=1S/C20H19F3N6O2.C16H22N2O2/c1-2-29-17(26-13-6-4-3-5-7-13)12(11-24)10-14(19(29)31)27-18(30)16-25-9-8-15(28-16)20(21,22)23;1-12(13(2)18(3)15-10-20-11-15)16(19)17-9-14-7-5-4-6-8-14/h3-9,11,14H,2,10,24H2,1H3,(H,27,30);4-8,13,15H,1,9-11H2,2-3H3,(H,17,19)/b12-11-,26-17?;/t;13-/m.1/s1. The van der Waals surface area contributed by atoms with E-state index < -0.39 is 35.6 Å². The Labute approximate surface area is 294 Å². The number of aromatic nitrogens is 2. The van der Waals surface area contributed by atoms with Crippen LogP contribution in [-0.4, -0.2) is 88.3 Å². The van der Waals surface area contributed by atoms with E-state index in [0.29, 0.717) is 41.3 Å². The van der Waals surface area contributed by atoms with E-state index in [1.54, 1.807) is 31.2 Å². The molecule has 2 atom stereocenters. The van der Waals surface area contributed by atoms with Crippen LogP contribution in [0.4, 0.5) is 18.9 Å². The van der Waals surface area contributed by atoms with Gasteiger partial charge in [0.1, 0.15) is 17.6 Å². The smallest absolute Gasteiger partial charge is 0.404 e. The molecule has 5 rings (SSSR count). The maximum atomic E-state index is 13.0. The van der Waals surface area contributed by atoms with Gasteiger partial charge in [-0.3, -0.25) is 24.2 Å². The Balaban J connectivity index is 0.000000251. The van der Waals surface area contributed by atoms with Gasteiger partial charge in [0, 0.05) is 49.1 Å². The molecule has 270 valence electrons. The summed E-state index contributed by atoms with van der Waals surface area (Å²) >= 11 is 0. The van der Waals surface area contributed by atoms with Crippen molar-refractivity contribution in [1.29, 1.82) is 0 Å². The van der Waals surface area contributed by atoms with Crippen LogP contribution < -0.4 is 16.4 Å². The van der Waals surface area contributed by atoms with Crippen molar-refractivity contribution < 1.29 is 32.3 Å². The van der Waals surface area contributed by atoms with Gasteiger partial charge in [0.15, 0.2) is 0 Å². The van der Waals surface area contributed by atoms with E-state index in [9.17, 15) is 27.6 Å². The Hall–Kier alpha value is -5.41. The number of alkyl halides is 3. The molecule has 4 N–H and O–H groups in total. The van der Waals surface area contributed by atoms with Crippen LogP contribution in [0.1, 0.15) is 42.1 Å². The maximum absolute atomic E-state index is 13.0. The molecule has 2 aromatic carbocycles. The first-order chi connectivity index (χ1) is 24.3. The number of nitrogens with two attached hydrogens (primary N) is 1. The number of piperidine rings is 1. The number of benzene rings is 2. The first kappa shape index (κ1) is 38.4. The van der Waals surface area contributed by atoms with Crippen LogP contribution in [0.15, 0.2) is 102 Å². The third-order valence-electron chi connectivity index (χ3n) is 8.39. The van der Waals surface area contributed by atoms with Crippen molar-refractivity contribution in [3.63, 3.8) is 0 Å². The maximum Gasteiger partial charge on any atom is 0.433 e. The van der Waals surface area contributed by atoms with E-state index in [2.05, 4.69) is 37.1 Å². The van der Waals surface area contributed by atoms with E-state index >= 15 is 0 Å². The molecule has 3 amide bonds. The average molecular weight is 707 g/mol. The van der Waals surface area contributed by atoms with Crippen LogP contribution in [0.3, 0.4) is 0 Å². The molecule has 2 fully saturated rings. The summed E-state index contributed by atoms with van der Waals surface area (Å²) < 4.78 is 43.7. The topological polar surface area (TPSA) is 155 Å². The van der Waals surface area contributed by atoms with Crippen molar-refractivity contribution in [3.05, 3.63) is 114 Å². The zero-order valence-corrected chi connectivity index (χ0v) is 28.6. The molecule has 0 radical (unpaired) electrons. The van der Waals surface area contributed by atoms with Gasteiger partial charge in [-0.1, -0.05) is 55.1 Å². The third kappa shape index (κ3) is 10.1. The van der Waals surface area contributed by atoms with Crippen molar-refractivity contribution in [2.24, 2.45) is 10.7 Å². The second-order valence-electron chi connectivity index (χ2n) is 11.8. The quantitative estimate of drug-likeness (QED) is 0.268. The fraction of sp³-hybridized carbons (Fsp3) is 0.333. The van der Waals surface area contributed by atoms with Gasteiger partial charge in [0.05, 0.1) is 24.9 Å². The van der Waals surface area contributed by atoms with E-state index in [1.165, 1.54) is 11.1 Å². The van der Waals surface area contributed by atoms with Gasteiger partial charge in [0.25, 0.3) is 11.8 Å². The van der Waals surface area contributed by atoms with Gasteiger partial charge in [-0.05, 0) is 44.7 Å². The van der Waals surface area contributed by atoms with Gasteiger partial charge in [-0.2, -0.15) is 13.2 Å². The predicted molar refractivity (Wildman–Crippen MR) is 185 cm³/mol. The average Bonchev–Trinajstić information content (AvgIpc) is 3.11. The van der Waals surface area contributed by atoms with E-state index in [-0.39, 0.29) is 24.9 Å². The molecule has 0 bridgehead atoms. The minimum atomic E-state index is -4.73. The highest BCUT2D eigenvalue weighted by Gasteiger charge is 2.38. The van der Waals surface area contributed by atoms with Crippen LogP contribution in [0, 0.1) is 0 Å². The first-order valence-electron chi connectivity index (χ1n) is 16.2. The van der Waals surface area contributed by atoms with Crippen molar-refractivity contribution in [3.8, 4) is 0 Å². The summed E-state index contributed by atoms with van der Waals surface area (Å²) in [6.07, 6.45) is -2.59. The number of halogens is 3. The van der Waals surface area contributed by atoms with Gasteiger partial charge >= 0.3 is 6.18 Å². The van der Waals surface area contributed by atoms with E-state index in [4.69, 9.17) is 10.5 Å². The molecule has 15 heteroatoms. The highest BCUT2D eigenvalue weighted by Crippen LogP contribution is 2.27. The number of nitrogens with one attached hydrogen (secondary N) is 2. The molecular weight excluding hydrogens is 665 g/mol. The summed E-state index contributed by atoms with van der Waals surface area (Å²) in [5.41, 5.74) is 7.28. The number of hydrogen-bond donors (Lipinski definition) is 3. The summed E-state index contributed by atoms with van der Waals surface area (Å²) in [6.45, 7) is 9.91. The summed E-state index contributed by atoms with van der Waals surface area (Å²) in [5, 5.41) is 5.32. The van der Waals surface area contributed by atoms with Gasteiger partial charge < -0.3 is 21.1 Å². The van der Waals surface area contributed by atoms with Crippen LogP contribution >= 0.6 is 0 Å². The second-order valence-corrected chi connectivity index (χ2v) is 11.8. The molecule has 3 aromatic rings. The molecule has 51 heavy (non-hydrogen) atoms. The molecule has 12 nitrogen and oxygen atoms in total. The van der Waals surface area contributed by atoms with Crippen molar-refractivity contribution in [2.45, 2.75) is 51.1 Å². The minimum Gasteiger partial charge on any atom is -0.404 e. The van der Waals surface area contributed by atoms with Crippen LogP contribution in [0.5, 0.6) is 0 Å². The van der Waals surface area contributed by atoms with Crippen molar-refractivity contribution in [1.82, 2.24) is 30.4 Å². The summed E-state index contributed by atoms with van der Waals surface area (Å²) in [6, 6.07) is 18.8. The number of amides is 3.